The maximum absolute atomic E-state index is 12.6. The quantitative estimate of drug-likeness (QED) is 0.700. The summed E-state index contributed by atoms with van der Waals surface area (Å²) < 4.78 is 0. The number of amides is 3. The van der Waals surface area contributed by atoms with Crippen molar-refractivity contribution in [2.45, 2.75) is 37.9 Å². The number of hydrogen-bond acceptors (Lipinski definition) is 6. The predicted octanol–water partition coefficient (Wildman–Crippen LogP) is 1.22. The SMILES string of the molecule is CC(NC(=O)CN1CCC2(CCC1=O)NC(=O)c1cccnc1N2)c1cccnc1. The Morgan fingerprint density at radius 1 is 1.23 bits per heavy atom. The number of nitrogens with zero attached hydrogens (tertiary/aromatic N) is 3. The van der Waals surface area contributed by atoms with Gasteiger partial charge in [-0.3, -0.25) is 19.4 Å². The second kappa shape index (κ2) is 8.10. The average molecular weight is 408 g/mol. The summed E-state index contributed by atoms with van der Waals surface area (Å²) >= 11 is 0. The van der Waals surface area contributed by atoms with Gasteiger partial charge in [0.05, 0.1) is 18.2 Å². The predicted molar refractivity (Wildman–Crippen MR) is 109 cm³/mol. The van der Waals surface area contributed by atoms with Crippen LogP contribution in [0.3, 0.4) is 0 Å². The number of nitrogens with one attached hydrogen (secondary N) is 3. The summed E-state index contributed by atoms with van der Waals surface area (Å²) in [6.07, 6.45) is 6.13. The zero-order valence-electron chi connectivity index (χ0n) is 16.7. The van der Waals surface area contributed by atoms with Crippen LogP contribution in [0.1, 0.15) is 48.1 Å². The van der Waals surface area contributed by atoms with Crippen molar-refractivity contribution in [3.63, 3.8) is 0 Å². The number of pyridine rings is 2. The molecule has 4 rings (SSSR count). The van der Waals surface area contributed by atoms with E-state index in [4.69, 9.17) is 0 Å². The molecule has 3 N–H and O–H groups in total. The van der Waals surface area contributed by atoms with Crippen LogP contribution in [-0.2, 0) is 9.59 Å². The van der Waals surface area contributed by atoms with E-state index < -0.39 is 5.66 Å². The molecule has 0 saturated carbocycles. The number of likely N-dealkylation sites (tertiary alicyclic amines) is 1. The zero-order chi connectivity index (χ0) is 21.1. The molecule has 4 heterocycles. The Morgan fingerprint density at radius 3 is 2.87 bits per heavy atom. The fourth-order valence-corrected chi connectivity index (χ4v) is 3.88. The van der Waals surface area contributed by atoms with Crippen molar-refractivity contribution < 1.29 is 14.4 Å². The highest BCUT2D eigenvalue weighted by atomic mass is 16.2. The summed E-state index contributed by atoms with van der Waals surface area (Å²) in [7, 11) is 0. The first-order chi connectivity index (χ1) is 14.5. The molecule has 0 aromatic carbocycles. The highest BCUT2D eigenvalue weighted by Gasteiger charge is 2.41. The van der Waals surface area contributed by atoms with Crippen LogP contribution in [0.25, 0.3) is 0 Å². The highest BCUT2D eigenvalue weighted by molar-refractivity contribution is 6.01. The Balaban J connectivity index is 1.40. The van der Waals surface area contributed by atoms with Gasteiger partial charge in [-0.1, -0.05) is 6.07 Å². The number of rotatable bonds is 4. The normalized spacial score (nSPS) is 21.8. The summed E-state index contributed by atoms with van der Waals surface area (Å²) in [4.78, 5) is 47.5. The average Bonchev–Trinajstić information content (AvgIpc) is 2.89. The monoisotopic (exact) mass is 408 g/mol. The van der Waals surface area contributed by atoms with E-state index in [1.807, 2.05) is 19.1 Å². The Morgan fingerprint density at radius 2 is 2.07 bits per heavy atom. The fourth-order valence-electron chi connectivity index (χ4n) is 3.88. The van der Waals surface area contributed by atoms with Crippen LogP contribution in [0.4, 0.5) is 5.82 Å². The van der Waals surface area contributed by atoms with Crippen molar-refractivity contribution in [3.8, 4) is 0 Å². The van der Waals surface area contributed by atoms with Gasteiger partial charge >= 0.3 is 0 Å². The number of fused-ring (bicyclic) bond motifs is 1. The minimum Gasteiger partial charge on any atom is -0.348 e. The maximum Gasteiger partial charge on any atom is 0.256 e. The lowest BCUT2D eigenvalue weighted by Gasteiger charge is -2.39. The van der Waals surface area contributed by atoms with Gasteiger partial charge in [0.25, 0.3) is 5.91 Å². The third-order valence-corrected chi connectivity index (χ3v) is 5.59. The maximum atomic E-state index is 12.6. The Labute approximate surface area is 174 Å². The molecule has 9 heteroatoms. The van der Waals surface area contributed by atoms with Gasteiger partial charge in [0.15, 0.2) is 0 Å². The van der Waals surface area contributed by atoms with E-state index in [0.29, 0.717) is 30.8 Å². The van der Waals surface area contributed by atoms with Crippen LogP contribution in [-0.4, -0.2) is 51.3 Å². The number of hydrogen-bond donors (Lipinski definition) is 3. The summed E-state index contributed by atoms with van der Waals surface area (Å²) in [5.74, 6) is -0.0341. The topological polar surface area (TPSA) is 116 Å². The molecule has 2 aliphatic heterocycles. The molecule has 2 aliphatic rings. The van der Waals surface area contributed by atoms with Crippen molar-refractivity contribution in [1.82, 2.24) is 25.5 Å². The van der Waals surface area contributed by atoms with Gasteiger partial charge < -0.3 is 20.9 Å². The fraction of sp³-hybridized carbons (Fsp3) is 0.381. The Hall–Kier alpha value is -3.49. The Bertz CT molecular complexity index is 966. The van der Waals surface area contributed by atoms with Gasteiger partial charge in [-0.2, -0.15) is 0 Å². The van der Waals surface area contributed by atoms with Gasteiger partial charge in [-0.25, -0.2) is 4.98 Å². The molecule has 2 unspecified atom stereocenters. The minimum atomic E-state index is -0.748. The van der Waals surface area contributed by atoms with E-state index in [9.17, 15) is 14.4 Å². The highest BCUT2D eigenvalue weighted by Crippen LogP contribution is 2.30. The van der Waals surface area contributed by atoms with Crippen molar-refractivity contribution in [3.05, 3.63) is 54.0 Å². The molecule has 0 bridgehead atoms. The van der Waals surface area contributed by atoms with Crippen LogP contribution in [0.5, 0.6) is 0 Å². The molecule has 1 fully saturated rings. The molecule has 30 heavy (non-hydrogen) atoms. The van der Waals surface area contributed by atoms with Crippen LogP contribution in [0.2, 0.25) is 0 Å². The second-order valence-corrected chi connectivity index (χ2v) is 7.70. The standard InChI is InChI=1S/C21H24N6O3/c1-14(15-4-2-9-22-12-15)24-17(28)13-27-11-8-21(7-6-18(27)29)25-19-16(20(30)26-21)5-3-10-23-19/h2-5,9-10,12,14H,6-8,11,13H2,1H3,(H,23,25)(H,24,28)(H,26,30). The van der Waals surface area contributed by atoms with Crippen LogP contribution in [0, 0.1) is 0 Å². The van der Waals surface area contributed by atoms with Gasteiger partial charge in [-0.15, -0.1) is 0 Å². The first kappa shape index (κ1) is 19.8. The Kier molecular flexibility index (Phi) is 5.35. The van der Waals surface area contributed by atoms with Crippen molar-refractivity contribution in [2.75, 3.05) is 18.4 Å². The van der Waals surface area contributed by atoms with Crippen LogP contribution >= 0.6 is 0 Å². The zero-order valence-corrected chi connectivity index (χ0v) is 16.7. The van der Waals surface area contributed by atoms with Gasteiger partial charge in [-0.05, 0) is 37.1 Å². The molecule has 2 aromatic rings. The summed E-state index contributed by atoms with van der Waals surface area (Å²) in [5, 5.41) is 9.21. The number of carbonyl (C=O) groups excluding carboxylic acids is 3. The molecule has 0 radical (unpaired) electrons. The van der Waals surface area contributed by atoms with E-state index in [1.54, 1.807) is 35.6 Å². The number of carbonyl (C=O) groups is 3. The van der Waals surface area contributed by atoms with Crippen molar-refractivity contribution >= 4 is 23.5 Å². The van der Waals surface area contributed by atoms with E-state index in [1.165, 1.54) is 0 Å². The van der Waals surface area contributed by atoms with Gasteiger partial charge in [0.1, 0.15) is 11.5 Å². The third-order valence-electron chi connectivity index (χ3n) is 5.59. The summed E-state index contributed by atoms with van der Waals surface area (Å²) in [6, 6.07) is 6.92. The van der Waals surface area contributed by atoms with Crippen LogP contribution in [0.15, 0.2) is 42.9 Å². The summed E-state index contributed by atoms with van der Waals surface area (Å²) in [5.41, 5.74) is 0.633. The molecule has 156 valence electrons. The smallest absolute Gasteiger partial charge is 0.256 e. The van der Waals surface area contributed by atoms with E-state index in [-0.39, 0.29) is 36.7 Å². The second-order valence-electron chi connectivity index (χ2n) is 7.70. The van der Waals surface area contributed by atoms with E-state index in [2.05, 4.69) is 25.9 Å². The molecule has 1 spiro atoms. The van der Waals surface area contributed by atoms with E-state index in [0.717, 1.165) is 5.56 Å². The molecule has 2 atom stereocenters. The minimum absolute atomic E-state index is 0.0255. The lowest BCUT2D eigenvalue weighted by molar-refractivity contribution is -0.135. The van der Waals surface area contributed by atoms with Gasteiger partial charge in [0.2, 0.25) is 11.8 Å². The number of anilines is 1. The molecule has 0 aliphatic carbocycles. The van der Waals surface area contributed by atoms with Crippen molar-refractivity contribution in [2.24, 2.45) is 0 Å². The summed E-state index contributed by atoms with van der Waals surface area (Å²) in [6.45, 7) is 2.20. The lowest BCUT2D eigenvalue weighted by Crippen LogP contribution is -2.58. The van der Waals surface area contributed by atoms with E-state index >= 15 is 0 Å². The largest absolute Gasteiger partial charge is 0.348 e. The molecule has 9 nitrogen and oxygen atoms in total. The van der Waals surface area contributed by atoms with Crippen LogP contribution < -0.4 is 16.0 Å². The molecular formula is C21H24N6O3. The third kappa shape index (κ3) is 4.10. The van der Waals surface area contributed by atoms with Gasteiger partial charge in [0, 0.05) is 38.0 Å². The molecule has 1 saturated heterocycles. The molecule has 3 amide bonds. The van der Waals surface area contributed by atoms with Crippen molar-refractivity contribution in [1.29, 1.82) is 0 Å². The number of aromatic nitrogens is 2. The lowest BCUT2D eigenvalue weighted by atomic mass is 9.97. The first-order valence-corrected chi connectivity index (χ1v) is 9.98. The molecular weight excluding hydrogens is 384 g/mol. The molecule has 2 aromatic heterocycles. The first-order valence-electron chi connectivity index (χ1n) is 9.98.